The van der Waals surface area contributed by atoms with Crippen LogP contribution in [0.5, 0.6) is 0 Å². The highest BCUT2D eigenvalue weighted by atomic mass is 32.1. The molecule has 0 aliphatic heterocycles. The average molecular weight is 363 g/mol. The lowest BCUT2D eigenvalue weighted by atomic mass is 10.1. The van der Waals surface area contributed by atoms with Crippen LogP contribution in [0, 0.1) is 0 Å². The van der Waals surface area contributed by atoms with Gasteiger partial charge in [-0.2, -0.15) is 5.10 Å². The van der Waals surface area contributed by atoms with Crippen LogP contribution in [0.2, 0.25) is 0 Å². The molecule has 7 heteroatoms. The summed E-state index contributed by atoms with van der Waals surface area (Å²) in [6.07, 6.45) is 4.08. The van der Waals surface area contributed by atoms with Crippen LogP contribution in [0.25, 0.3) is 21.7 Å². The van der Waals surface area contributed by atoms with E-state index in [1.807, 2.05) is 36.4 Å². The van der Waals surface area contributed by atoms with Crippen molar-refractivity contribution in [3.05, 3.63) is 59.5 Å². The Morgan fingerprint density at radius 3 is 2.81 bits per heavy atom. The first-order valence-corrected chi connectivity index (χ1v) is 9.28. The Labute approximate surface area is 154 Å². The van der Waals surface area contributed by atoms with Crippen molar-refractivity contribution in [2.75, 3.05) is 0 Å². The van der Waals surface area contributed by atoms with E-state index in [9.17, 15) is 4.79 Å². The van der Waals surface area contributed by atoms with Gasteiger partial charge in [-0.3, -0.25) is 14.9 Å². The Balaban J connectivity index is 1.29. The minimum absolute atomic E-state index is 0.148. The van der Waals surface area contributed by atoms with E-state index in [1.54, 1.807) is 17.5 Å². The fourth-order valence-electron chi connectivity index (χ4n) is 2.72. The molecule has 4 aromatic rings. The molecule has 1 aromatic carbocycles. The molecule has 1 N–H and O–H groups in total. The molecule has 0 radical (unpaired) electrons. The molecule has 0 aliphatic carbocycles. The van der Waals surface area contributed by atoms with Crippen LogP contribution in [0.4, 0.5) is 0 Å². The Morgan fingerprint density at radius 1 is 1.08 bits per heavy atom. The summed E-state index contributed by atoms with van der Waals surface area (Å²) in [5.41, 5.74) is 1.72. The van der Waals surface area contributed by atoms with E-state index in [-0.39, 0.29) is 12.2 Å². The number of fused-ring (bicyclic) bond motifs is 1. The number of aryl methyl sites for hydroxylation is 1. The molecule has 0 aliphatic rings. The molecular weight excluding hydrogens is 346 g/mol. The van der Waals surface area contributed by atoms with E-state index in [0.717, 1.165) is 23.4 Å². The van der Waals surface area contributed by atoms with E-state index in [4.69, 9.17) is 0 Å². The smallest absolute Gasteiger partial charge is 0.199 e. The molecule has 26 heavy (non-hydrogen) atoms. The van der Waals surface area contributed by atoms with Gasteiger partial charge in [0.1, 0.15) is 17.3 Å². The molecule has 3 heterocycles. The molecule has 0 fully saturated rings. The van der Waals surface area contributed by atoms with Crippen molar-refractivity contribution in [3.63, 3.8) is 0 Å². The average Bonchev–Trinajstić information content (AvgIpc) is 3.29. The predicted molar refractivity (Wildman–Crippen MR) is 101 cm³/mol. The zero-order valence-corrected chi connectivity index (χ0v) is 14.9. The van der Waals surface area contributed by atoms with Crippen molar-refractivity contribution in [2.24, 2.45) is 0 Å². The molecule has 0 unspecified atom stereocenters. The van der Waals surface area contributed by atoms with Crippen LogP contribution in [0.15, 0.2) is 48.7 Å². The third kappa shape index (κ3) is 3.83. The van der Waals surface area contributed by atoms with Gasteiger partial charge in [0.2, 0.25) is 0 Å². The van der Waals surface area contributed by atoms with E-state index >= 15 is 0 Å². The lowest BCUT2D eigenvalue weighted by Gasteiger charge is -1.97. The Bertz CT molecular complexity index is 992. The number of carbonyl (C=O) groups excluding carboxylic acids is 1. The summed E-state index contributed by atoms with van der Waals surface area (Å²) in [5.74, 6) is 1.24. The van der Waals surface area contributed by atoms with Crippen molar-refractivity contribution >= 4 is 27.3 Å². The second-order valence-corrected chi connectivity index (χ2v) is 7.08. The molecule has 130 valence electrons. The standard InChI is InChI=1S/C19H17N5OS/c25-13(6-5-10-18-21-14-7-1-2-9-16(14)26-18)12-17-22-19(24-23-17)15-8-3-4-11-20-15/h1-4,7-9,11H,5-6,10,12H2,(H,22,23,24). The zero-order chi connectivity index (χ0) is 17.8. The number of hydrogen-bond donors (Lipinski definition) is 1. The van der Waals surface area contributed by atoms with Crippen LogP contribution >= 0.6 is 11.3 Å². The number of nitrogens with one attached hydrogen (secondary N) is 1. The van der Waals surface area contributed by atoms with Crippen LogP contribution in [-0.4, -0.2) is 30.9 Å². The quantitative estimate of drug-likeness (QED) is 0.542. The molecule has 6 nitrogen and oxygen atoms in total. The van der Waals surface area contributed by atoms with Crippen molar-refractivity contribution in [2.45, 2.75) is 25.7 Å². The largest absolute Gasteiger partial charge is 0.299 e. The maximum atomic E-state index is 12.2. The van der Waals surface area contributed by atoms with Gasteiger partial charge in [0, 0.05) is 12.6 Å². The van der Waals surface area contributed by atoms with Crippen LogP contribution in [-0.2, 0) is 17.6 Å². The second kappa shape index (κ2) is 7.53. The van der Waals surface area contributed by atoms with Gasteiger partial charge in [0.25, 0.3) is 0 Å². The number of aromatic amines is 1. The minimum atomic E-state index is 0.148. The van der Waals surface area contributed by atoms with Gasteiger partial charge in [-0.25, -0.2) is 9.97 Å². The maximum absolute atomic E-state index is 12.2. The monoisotopic (exact) mass is 363 g/mol. The summed E-state index contributed by atoms with van der Waals surface area (Å²) in [7, 11) is 0. The van der Waals surface area contributed by atoms with Crippen LogP contribution < -0.4 is 0 Å². The molecule has 0 saturated heterocycles. The summed E-state index contributed by atoms with van der Waals surface area (Å²) in [6.45, 7) is 0. The van der Waals surface area contributed by atoms with Gasteiger partial charge in [-0.1, -0.05) is 18.2 Å². The van der Waals surface area contributed by atoms with E-state index in [0.29, 0.717) is 23.8 Å². The number of pyridine rings is 1. The van der Waals surface area contributed by atoms with E-state index in [2.05, 4.69) is 31.2 Å². The Kier molecular flexibility index (Phi) is 4.79. The van der Waals surface area contributed by atoms with Crippen molar-refractivity contribution in [3.8, 4) is 11.5 Å². The molecule has 0 saturated carbocycles. The number of nitrogens with zero attached hydrogens (tertiary/aromatic N) is 4. The third-order valence-corrected chi connectivity index (χ3v) is 5.07. The van der Waals surface area contributed by atoms with Crippen LogP contribution in [0.3, 0.4) is 0 Å². The molecule has 4 rings (SSSR count). The lowest BCUT2D eigenvalue weighted by molar-refractivity contribution is -0.118. The number of carbonyl (C=O) groups is 1. The fraction of sp³-hybridized carbons (Fsp3) is 0.211. The van der Waals surface area contributed by atoms with Gasteiger partial charge in [-0.05, 0) is 37.1 Å². The lowest BCUT2D eigenvalue weighted by Crippen LogP contribution is -2.04. The number of para-hydroxylation sites is 1. The number of H-pyrrole nitrogens is 1. The Morgan fingerprint density at radius 2 is 1.96 bits per heavy atom. The first-order valence-electron chi connectivity index (χ1n) is 8.47. The topological polar surface area (TPSA) is 84.4 Å². The molecule has 0 amide bonds. The summed E-state index contributed by atoms with van der Waals surface area (Å²) in [6, 6.07) is 13.7. The minimum Gasteiger partial charge on any atom is -0.299 e. The second-order valence-electron chi connectivity index (χ2n) is 5.97. The number of rotatable bonds is 7. The predicted octanol–water partition coefficient (Wildman–Crippen LogP) is 3.61. The number of thiazole rings is 1. The normalized spacial score (nSPS) is 11.1. The van der Waals surface area contributed by atoms with Gasteiger partial charge in [-0.15, -0.1) is 11.3 Å². The maximum Gasteiger partial charge on any atom is 0.199 e. The number of aromatic nitrogens is 5. The van der Waals surface area contributed by atoms with Crippen molar-refractivity contribution < 1.29 is 4.79 Å². The molecular formula is C19H17N5OS. The fourth-order valence-corrected chi connectivity index (χ4v) is 3.73. The molecule has 0 bridgehead atoms. The summed E-state index contributed by atoms with van der Waals surface area (Å²) < 4.78 is 1.19. The van der Waals surface area contributed by atoms with E-state index in [1.165, 1.54) is 4.70 Å². The number of hydrogen-bond acceptors (Lipinski definition) is 6. The number of ketones is 1. The number of benzene rings is 1. The van der Waals surface area contributed by atoms with Gasteiger partial charge >= 0.3 is 0 Å². The van der Waals surface area contributed by atoms with Gasteiger partial charge < -0.3 is 0 Å². The third-order valence-electron chi connectivity index (χ3n) is 3.97. The highest BCUT2D eigenvalue weighted by Crippen LogP contribution is 2.22. The van der Waals surface area contributed by atoms with E-state index < -0.39 is 0 Å². The summed E-state index contributed by atoms with van der Waals surface area (Å²) in [5, 5.41) is 8.04. The SMILES string of the molecule is O=C(CCCc1nc2ccccc2s1)Cc1nc(-c2ccccn2)n[nH]1. The summed E-state index contributed by atoms with van der Waals surface area (Å²) >= 11 is 1.70. The zero-order valence-electron chi connectivity index (χ0n) is 14.1. The first-order chi connectivity index (χ1) is 12.8. The van der Waals surface area contributed by atoms with Crippen molar-refractivity contribution in [1.82, 2.24) is 25.1 Å². The molecule has 0 atom stereocenters. The van der Waals surface area contributed by atoms with Gasteiger partial charge in [0.05, 0.1) is 21.6 Å². The Hall–Kier alpha value is -2.93. The molecule has 0 spiro atoms. The van der Waals surface area contributed by atoms with Gasteiger partial charge in [0.15, 0.2) is 5.82 Å². The molecule has 3 aromatic heterocycles. The van der Waals surface area contributed by atoms with Crippen molar-refractivity contribution in [1.29, 1.82) is 0 Å². The summed E-state index contributed by atoms with van der Waals surface area (Å²) in [4.78, 5) is 25.4. The number of Topliss-reactive ketones (excluding diaryl/α,β-unsaturated/α-hetero) is 1. The first kappa shape index (κ1) is 16.5. The highest BCUT2D eigenvalue weighted by Gasteiger charge is 2.11. The highest BCUT2D eigenvalue weighted by molar-refractivity contribution is 7.18. The van der Waals surface area contributed by atoms with Crippen LogP contribution in [0.1, 0.15) is 23.7 Å².